The van der Waals surface area contributed by atoms with Crippen molar-refractivity contribution in [2.75, 3.05) is 13.2 Å². The average Bonchev–Trinajstić information content (AvgIpc) is 3.17. The molecule has 0 radical (unpaired) electrons. The minimum absolute atomic E-state index is 0.0482. The zero-order valence-corrected chi connectivity index (χ0v) is 10.6. The Morgan fingerprint density at radius 2 is 1.95 bits per heavy atom. The summed E-state index contributed by atoms with van der Waals surface area (Å²) in [6.45, 7) is -1.02. The molecule has 1 aromatic carbocycles. The molecule has 7 heteroatoms. The molecule has 0 heterocycles. The van der Waals surface area contributed by atoms with Crippen molar-refractivity contribution in [1.29, 1.82) is 0 Å². The van der Waals surface area contributed by atoms with E-state index in [-0.39, 0.29) is 17.1 Å². The number of ether oxygens (including phenoxy) is 2. The largest absolute Gasteiger partial charge is 0.489 e. The van der Waals surface area contributed by atoms with Crippen LogP contribution < -0.4 is 15.2 Å². The average molecular weight is 289 g/mol. The van der Waals surface area contributed by atoms with Crippen LogP contribution in [0.2, 0.25) is 0 Å². The summed E-state index contributed by atoms with van der Waals surface area (Å²) in [6.07, 6.45) is -2.36. The molecule has 1 amide bonds. The predicted octanol–water partition coefficient (Wildman–Crippen LogP) is 2.52. The van der Waals surface area contributed by atoms with Gasteiger partial charge in [0.15, 0.2) is 18.1 Å². The Balaban J connectivity index is 2.12. The van der Waals surface area contributed by atoms with Gasteiger partial charge in [-0.25, -0.2) is 0 Å². The molecule has 0 unspecified atom stereocenters. The van der Waals surface area contributed by atoms with Crippen molar-refractivity contribution in [2.24, 2.45) is 11.7 Å². The van der Waals surface area contributed by atoms with Crippen LogP contribution in [0.3, 0.4) is 0 Å². The smallest absolute Gasteiger partial charge is 0.422 e. The molecule has 0 aliphatic heterocycles. The summed E-state index contributed by atoms with van der Waals surface area (Å²) < 4.78 is 46.6. The van der Waals surface area contributed by atoms with E-state index in [2.05, 4.69) is 4.74 Å². The third kappa shape index (κ3) is 4.32. The van der Waals surface area contributed by atoms with E-state index in [9.17, 15) is 18.0 Å². The fourth-order valence-corrected chi connectivity index (χ4v) is 1.55. The molecule has 2 rings (SSSR count). The lowest BCUT2D eigenvalue weighted by Gasteiger charge is -2.14. The van der Waals surface area contributed by atoms with Crippen LogP contribution in [-0.2, 0) is 0 Å². The Labute approximate surface area is 113 Å². The Morgan fingerprint density at radius 3 is 2.50 bits per heavy atom. The van der Waals surface area contributed by atoms with Crippen LogP contribution in [0, 0.1) is 5.92 Å². The first-order chi connectivity index (χ1) is 9.35. The molecule has 0 aromatic heterocycles. The number of hydrogen-bond donors (Lipinski definition) is 1. The van der Waals surface area contributed by atoms with Gasteiger partial charge < -0.3 is 15.2 Å². The third-order valence-corrected chi connectivity index (χ3v) is 2.79. The lowest BCUT2D eigenvalue weighted by Crippen LogP contribution is -2.20. The van der Waals surface area contributed by atoms with Gasteiger partial charge >= 0.3 is 6.18 Å². The molecule has 0 bridgehead atoms. The van der Waals surface area contributed by atoms with Crippen LogP contribution in [0.15, 0.2) is 18.2 Å². The standard InChI is InChI=1S/C13H14F3NO3/c14-13(15,16)7-20-10-4-3-9(12(17)18)5-11(10)19-6-8-1-2-8/h3-5,8H,1-2,6-7H2,(H2,17,18). The summed E-state index contributed by atoms with van der Waals surface area (Å²) in [6, 6.07) is 3.86. The van der Waals surface area contributed by atoms with Crippen molar-refractivity contribution < 1.29 is 27.4 Å². The van der Waals surface area contributed by atoms with Crippen LogP contribution in [-0.4, -0.2) is 25.3 Å². The first-order valence-corrected chi connectivity index (χ1v) is 6.11. The number of carbonyl (C=O) groups excluding carboxylic acids is 1. The Hall–Kier alpha value is -1.92. The minimum Gasteiger partial charge on any atom is -0.489 e. The van der Waals surface area contributed by atoms with Gasteiger partial charge in [-0.15, -0.1) is 0 Å². The van der Waals surface area contributed by atoms with Crippen molar-refractivity contribution >= 4 is 5.91 Å². The normalized spacial score (nSPS) is 14.9. The molecule has 4 nitrogen and oxygen atoms in total. The highest BCUT2D eigenvalue weighted by atomic mass is 19.4. The van der Waals surface area contributed by atoms with Crippen molar-refractivity contribution in [3.63, 3.8) is 0 Å². The summed E-state index contributed by atoms with van der Waals surface area (Å²) >= 11 is 0. The first kappa shape index (κ1) is 14.5. The summed E-state index contributed by atoms with van der Waals surface area (Å²) in [7, 11) is 0. The van der Waals surface area contributed by atoms with Crippen molar-refractivity contribution in [2.45, 2.75) is 19.0 Å². The molecule has 1 aliphatic carbocycles. The van der Waals surface area contributed by atoms with Gasteiger partial charge in [0.2, 0.25) is 5.91 Å². The predicted molar refractivity (Wildman–Crippen MR) is 64.7 cm³/mol. The number of amides is 1. The maximum absolute atomic E-state index is 12.2. The molecule has 0 atom stereocenters. The highest BCUT2D eigenvalue weighted by Crippen LogP contribution is 2.34. The van der Waals surface area contributed by atoms with E-state index in [1.807, 2.05) is 0 Å². The monoisotopic (exact) mass is 289 g/mol. The highest BCUT2D eigenvalue weighted by Gasteiger charge is 2.29. The second kappa shape index (κ2) is 5.60. The van der Waals surface area contributed by atoms with Crippen LogP contribution in [0.1, 0.15) is 23.2 Å². The fourth-order valence-electron chi connectivity index (χ4n) is 1.55. The molecule has 1 aromatic rings. The van der Waals surface area contributed by atoms with Crippen molar-refractivity contribution in [3.05, 3.63) is 23.8 Å². The number of alkyl halides is 3. The Kier molecular flexibility index (Phi) is 4.06. The summed E-state index contributed by atoms with van der Waals surface area (Å²) in [5.74, 6) is -0.197. The quantitative estimate of drug-likeness (QED) is 0.875. The number of carbonyl (C=O) groups is 1. The van der Waals surface area contributed by atoms with Gasteiger partial charge in [0.05, 0.1) is 6.61 Å². The van der Waals surface area contributed by atoms with Gasteiger partial charge in [-0.1, -0.05) is 0 Å². The number of primary amides is 1. The summed E-state index contributed by atoms with van der Waals surface area (Å²) in [5.41, 5.74) is 5.29. The van der Waals surface area contributed by atoms with Crippen LogP contribution >= 0.6 is 0 Å². The molecule has 1 saturated carbocycles. The molecular weight excluding hydrogens is 275 g/mol. The van der Waals surface area contributed by atoms with Gasteiger partial charge in [0.25, 0.3) is 0 Å². The lowest BCUT2D eigenvalue weighted by atomic mass is 10.2. The van der Waals surface area contributed by atoms with E-state index in [0.29, 0.717) is 12.5 Å². The van der Waals surface area contributed by atoms with Gasteiger partial charge in [-0.2, -0.15) is 13.2 Å². The van der Waals surface area contributed by atoms with E-state index in [0.717, 1.165) is 12.8 Å². The van der Waals surface area contributed by atoms with Gasteiger partial charge in [-0.05, 0) is 37.0 Å². The van der Waals surface area contributed by atoms with Gasteiger partial charge in [-0.3, -0.25) is 4.79 Å². The van der Waals surface area contributed by atoms with Crippen molar-refractivity contribution in [3.8, 4) is 11.5 Å². The molecule has 0 spiro atoms. The maximum atomic E-state index is 12.2. The summed E-state index contributed by atoms with van der Waals surface area (Å²) in [4.78, 5) is 11.1. The number of halogens is 3. The lowest BCUT2D eigenvalue weighted by molar-refractivity contribution is -0.153. The number of hydrogen-bond acceptors (Lipinski definition) is 3. The topological polar surface area (TPSA) is 61.6 Å². The molecule has 2 N–H and O–H groups in total. The fraction of sp³-hybridized carbons (Fsp3) is 0.462. The highest BCUT2D eigenvalue weighted by molar-refractivity contribution is 5.93. The molecular formula is C13H14F3NO3. The van der Waals surface area contributed by atoms with E-state index < -0.39 is 18.7 Å². The second-order valence-corrected chi connectivity index (χ2v) is 4.68. The molecule has 20 heavy (non-hydrogen) atoms. The van der Waals surface area contributed by atoms with Gasteiger partial charge in [0.1, 0.15) is 0 Å². The maximum Gasteiger partial charge on any atom is 0.422 e. The zero-order chi connectivity index (χ0) is 14.8. The van der Waals surface area contributed by atoms with E-state index in [1.54, 1.807) is 0 Å². The van der Waals surface area contributed by atoms with Crippen molar-refractivity contribution in [1.82, 2.24) is 0 Å². The number of nitrogens with two attached hydrogens (primary N) is 1. The minimum atomic E-state index is -4.43. The molecule has 0 saturated heterocycles. The zero-order valence-electron chi connectivity index (χ0n) is 10.6. The summed E-state index contributed by atoms with van der Waals surface area (Å²) in [5, 5.41) is 0. The van der Waals surface area contributed by atoms with E-state index in [4.69, 9.17) is 10.5 Å². The molecule has 1 fully saturated rings. The second-order valence-electron chi connectivity index (χ2n) is 4.68. The van der Waals surface area contributed by atoms with Crippen LogP contribution in [0.4, 0.5) is 13.2 Å². The SMILES string of the molecule is NC(=O)c1ccc(OCC(F)(F)F)c(OCC2CC2)c1. The Morgan fingerprint density at radius 1 is 1.25 bits per heavy atom. The van der Waals surface area contributed by atoms with E-state index >= 15 is 0 Å². The van der Waals surface area contributed by atoms with E-state index in [1.165, 1.54) is 18.2 Å². The number of benzene rings is 1. The van der Waals surface area contributed by atoms with Crippen LogP contribution in [0.25, 0.3) is 0 Å². The van der Waals surface area contributed by atoms with Gasteiger partial charge in [0, 0.05) is 5.56 Å². The molecule has 1 aliphatic rings. The third-order valence-electron chi connectivity index (χ3n) is 2.79. The Bertz CT molecular complexity index is 498. The molecule has 110 valence electrons. The first-order valence-electron chi connectivity index (χ1n) is 6.11. The van der Waals surface area contributed by atoms with Crippen LogP contribution in [0.5, 0.6) is 11.5 Å². The number of rotatable bonds is 6.